The van der Waals surface area contributed by atoms with E-state index < -0.39 is 5.41 Å². The minimum absolute atomic E-state index is 0.156. The van der Waals surface area contributed by atoms with Crippen molar-refractivity contribution in [1.82, 2.24) is 9.78 Å². The molecule has 0 atom stereocenters. The number of rotatable bonds is 6. The van der Waals surface area contributed by atoms with Crippen LogP contribution in [0.25, 0.3) is 0 Å². The molecule has 1 amide bonds. The number of carbonyl (C=O) groups excluding carboxylic acids is 1. The molecule has 0 aliphatic rings. The van der Waals surface area contributed by atoms with Crippen LogP contribution in [-0.4, -0.2) is 40.4 Å². The summed E-state index contributed by atoms with van der Waals surface area (Å²) in [6.07, 6.45) is 3.20. The molecule has 0 aliphatic carbocycles. The molecule has 0 unspecified atom stereocenters. The van der Waals surface area contributed by atoms with Gasteiger partial charge in [0.05, 0.1) is 25.0 Å². The maximum atomic E-state index is 12.0. The number of aromatic nitrogens is 2. The molecular weight excluding hydrogens is 250 g/mol. The van der Waals surface area contributed by atoms with Crippen molar-refractivity contribution in [3.05, 3.63) is 12.4 Å². The standard InChI is InChI=1S/C11H19N5O3/c1-11(2,9(12)15-18)10(17)14-8-6-13-16(7-8)4-5-19-3/h6-7,18H,4-5H2,1-3H3,(H2,12,15)(H,14,17). The summed E-state index contributed by atoms with van der Waals surface area (Å²) in [4.78, 5) is 12.0. The summed E-state index contributed by atoms with van der Waals surface area (Å²) in [6.45, 7) is 4.25. The third-order valence-electron chi connectivity index (χ3n) is 2.73. The van der Waals surface area contributed by atoms with E-state index >= 15 is 0 Å². The summed E-state index contributed by atoms with van der Waals surface area (Å²) in [6, 6.07) is 0. The number of nitrogens with zero attached hydrogens (tertiary/aromatic N) is 3. The lowest BCUT2D eigenvalue weighted by Crippen LogP contribution is -2.42. The van der Waals surface area contributed by atoms with Crippen LogP contribution in [-0.2, 0) is 16.1 Å². The molecule has 4 N–H and O–H groups in total. The molecule has 0 aliphatic heterocycles. The summed E-state index contributed by atoms with van der Waals surface area (Å²) in [5, 5.41) is 18.2. The Labute approximate surface area is 111 Å². The van der Waals surface area contributed by atoms with Gasteiger partial charge in [0.25, 0.3) is 0 Å². The van der Waals surface area contributed by atoms with Crippen molar-refractivity contribution in [3.63, 3.8) is 0 Å². The molecule has 0 saturated heterocycles. The average Bonchev–Trinajstić information content (AvgIpc) is 2.82. The van der Waals surface area contributed by atoms with Crippen LogP contribution in [0.5, 0.6) is 0 Å². The first-order valence-electron chi connectivity index (χ1n) is 5.72. The number of amides is 1. The van der Waals surface area contributed by atoms with Gasteiger partial charge in [-0.25, -0.2) is 0 Å². The lowest BCUT2D eigenvalue weighted by atomic mass is 9.91. The van der Waals surface area contributed by atoms with Crippen molar-refractivity contribution in [2.45, 2.75) is 20.4 Å². The van der Waals surface area contributed by atoms with Gasteiger partial charge < -0.3 is 21.0 Å². The van der Waals surface area contributed by atoms with Crippen molar-refractivity contribution < 1.29 is 14.7 Å². The Balaban J connectivity index is 2.69. The number of anilines is 1. The van der Waals surface area contributed by atoms with Crippen LogP contribution in [0.15, 0.2) is 17.5 Å². The Kier molecular flexibility index (Phi) is 4.87. The Morgan fingerprint density at radius 3 is 2.95 bits per heavy atom. The van der Waals surface area contributed by atoms with Crippen LogP contribution in [0.3, 0.4) is 0 Å². The molecule has 1 heterocycles. The number of hydrogen-bond acceptors (Lipinski definition) is 5. The number of ether oxygens (including phenoxy) is 1. The van der Waals surface area contributed by atoms with Gasteiger partial charge in [0.1, 0.15) is 5.41 Å². The first-order chi connectivity index (χ1) is 8.91. The van der Waals surface area contributed by atoms with E-state index in [2.05, 4.69) is 15.6 Å². The van der Waals surface area contributed by atoms with Gasteiger partial charge in [-0.15, -0.1) is 0 Å². The largest absolute Gasteiger partial charge is 0.409 e. The Morgan fingerprint density at radius 2 is 2.37 bits per heavy atom. The molecule has 0 saturated carbocycles. The van der Waals surface area contributed by atoms with Gasteiger partial charge in [-0.05, 0) is 13.8 Å². The second-order valence-corrected chi connectivity index (χ2v) is 4.55. The van der Waals surface area contributed by atoms with E-state index in [1.165, 1.54) is 6.20 Å². The smallest absolute Gasteiger partial charge is 0.237 e. The average molecular weight is 269 g/mol. The van der Waals surface area contributed by atoms with Crippen molar-refractivity contribution in [2.24, 2.45) is 16.3 Å². The number of amidine groups is 1. The van der Waals surface area contributed by atoms with E-state index in [1.54, 1.807) is 31.8 Å². The Hall–Kier alpha value is -2.09. The highest BCUT2D eigenvalue weighted by Crippen LogP contribution is 2.18. The predicted molar refractivity (Wildman–Crippen MR) is 69.9 cm³/mol. The molecule has 8 heteroatoms. The molecule has 0 aromatic carbocycles. The van der Waals surface area contributed by atoms with Crippen LogP contribution in [0.4, 0.5) is 5.69 Å². The lowest BCUT2D eigenvalue weighted by molar-refractivity contribution is -0.121. The third-order valence-corrected chi connectivity index (χ3v) is 2.73. The van der Waals surface area contributed by atoms with Gasteiger partial charge >= 0.3 is 0 Å². The third kappa shape index (κ3) is 3.68. The molecule has 0 radical (unpaired) electrons. The fourth-order valence-corrected chi connectivity index (χ4v) is 1.26. The van der Waals surface area contributed by atoms with E-state index in [0.29, 0.717) is 18.8 Å². The van der Waals surface area contributed by atoms with E-state index in [0.717, 1.165) is 0 Å². The van der Waals surface area contributed by atoms with Crippen molar-refractivity contribution in [3.8, 4) is 0 Å². The molecule has 1 aromatic heterocycles. The topological polar surface area (TPSA) is 115 Å². The number of nitrogens with two attached hydrogens (primary N) is 1. The Morgan fingerprint density at radius 1 is 1.68 bits per heavy atom. The van der Waals surface area contributed by atoms with Gasteiger partial charge in [0.15, 0.2) is 5.84 Å². The lowest BCUT2D eigenvalue weighted by Gasteiger charge is -2.21. The fourth-order valence-electron chi connectivity index (χ4n) is 1.26. The first kappa shape index (κ1) is 15.0. The number of carbonyl (C=O) groups is 1. The molecular formula is C11H19N5O3. The normalized spacial score (nSPS) is 12.5. The summed E-state index contributed by atoms with van der Waals surface area (Å²) < 4.78 is 6.58. The van der Waals surface area contributed by atoms with Crippen LogP contribution >= 0.6 is 0 Å². The Bertz CT molecular complexity index is 467. The van der Waals surface area contributed by atoms with Crippen LogP contribution < -0.4 is 11.1 Å². The van der Waals surface area contributed by atoms with E-state index in [4.69, 9.17) is 15.7 Å². The van der Waals surface area contributed by atoms with Crippen LogP contribution in [0.1, 0.15) is 13.8 Å². The van der Waals surface area contributed by atoms with Crippen molar-refractivity contribution in [1.29, 1.82) is 0 Å². The number of hydrogen-bond donors (Lipinski definition) is 3. The van der Waals surface area contributed by atoms with Gasteiger partial charge in [0, 0.05) is 13.3 Å². The molecule has 1 rings (SSSR count). The van der Waals surface area contributed by atoms with Gasteiger partial charge in [-0.2, -0.15) is 5.10 Å². The number of oxime groups is 1. The molecule has 19 heavy (non-hydrogen) atoms. The molecule has 106 valence electrons. The number of nitrogens with one attached hydrogen (secondary N) is 1. The zero-order valence-electron chi connectivity index (χ0n) is 11.3. The minimum Gasteiger partial charge on any atom is -0.409 e. The van der Waals surface area contributed by atoms with E-state index in [1.807, 2.05) is 0 Å². The predicted octanol–water partition coefficient (Wildman–Crippen LogP) is 0.241. The molecule has 0 fully saturated rings. The second-order valence-electron chi connectivity index (χ2n) is 4.55. The fraction of sp³-hybridized carbons (Fsp3) is 0.545. The van der Waals surface area contributed by atoms with Crippen LogP contribution in [0.2, 0.25) is 0 Å². The van der Waals surface area contributed by atoms with Gasteiger partial charge in [0.2, 0.25) is 5.91 Å². The monoisotopic (exact) mass is 269 g/mol. The maximum absolute atomic E-state index is 12.0. The van der Waals surface area contributed by atoms with Crippen molar-refractivity contribution in [2.75, 3.05) is 19.0 Å². The second kappa shape index (κ2) is 6.19. The highest BCUT2D eigenvalue weighted by Gasteiger charge is 2.33. The van der Waals surface area contributed by atoms with Gasteiger partial charge in [-0.1, -0.05) is 5.16 Å². The first-order valence-corrected chi connectivity index (χ1v) is 5.72. The highest BCUT2D eigenvalue weighted by atomic mass is 16.5. The van der Waals surface area contributed by atoms with E-state index in [9.17, 15) is 4.79 Å². The number of methoxy groups -OCH3 is 1. The maximum Gasteiger partial charge on any atom is 0.237 e. The summed E-state index contributed by atoms with van der Waals surface area (Å²) in [5.74, 6) is -0.536. The zero-order chi connectivity index (χ0) is 14.5. The summed E-state index contributed by atoms with van der Waals surface area (Å²) >= 11 is 0. The molecule has 8 nitrogen and oxygen atoms in total. The zero-order valence-corrected chi connectivity index (χ0v) is 11.3. The van der Waals surface area contributed by atoms with E-state index in [-0.39, 0.29) is 11.7 Å². The minimum atomic E-state index is -1.11. The van der Waals surface area contributed by atoms with Gasteiger partial charge in [-0.3, -0.25) is 9.48 Å². The quantitative estimate of drug-likeness (QED) is 0.296. The summed E-state index contributed by atoms with van der Waals surface area (Å²) in [5.41, 5.74) is 4.91. The highest BCUT2D eigenvalue weighted by molar-refractivity contribution is 6.11. The van der Waals surface area contributed by atoms with Crippen molar-refractivity contribution >= 4 is 17.4 Å². The van der Waals surface area contributed by atoms with Crippen LogP contribution in [0, 0.1) is 5.41 Å². The molecule has 1 aromatic rings. The molecule has 0 spiro atoms. The SMILES string of the molecule is COCCn1cc(NC(=O)C(C)(C)C(N)=NO)cn1. The summed E-state index contributed by atoms with van der Waals surface area (Å²) in [7, 11) is 1.60. The molecule has 0 bridgehead atoms.